The molecule has 1 fully saturated rings. The molecule has 2 aliphatic rings. The van der Waals surface area contributed by atoms with Gasteiger partial charge < -0.3 is 10.4 Å². The first kappa shape index (κ1) is 13.6. The van der Waals surface area contributed by atoms with Crippen LogP contribution in [0.1, 0.15) is 12.8 Å². The van der Waals surface area contributed by atoms with Crippen molar-refractivity contribution in [2.24, 2.45) is 23.2 Å². The number of rotatable bonds is 6. The normalized spacial score (nSPS) is 35.1. The molecule has 4 atom stereocenters. The Labute approximate surface area is 112 Å². The van der Waals surface area contributed by atoms with Crippen molar-refractivity contribution in [3.05, 3.63) is 37.5 Å². The second-order valence-corrected chi connectivity index (χ2v) is 5.33. The Morgan fingerprint density at radius 3 is 2.74 bits per heavy atom. The van der Waals surface area contributed by atoms with Crippen molar-refractivity contribution in [2.45, 2.75) is 12.8 Å². The summed E-state index contributed by atoms with van der Waals surface area (Å²) in [6.45, 7) is 7.65. The number of carboxylic acid groups (broad SMARTS) is 1. The predicted molar refractivity (Wildman–Crippen MR) is 72.3 cm³/mol. The Hall–Kier alpha value is -1.84. The van der Waals surface area contributed by atoms with Crippen molar-refractivity contribution >= 4 is 11.9 Å². The van der Waals surface area contributed by atoms with Crippen LogP contribution >= 0.6 is 0 Å². The summed E-state index contributed by atoms with van der Waals surface area (Å²) in [5, 5.41) is 12.1. The van der Waals surface area contributed by atoms with E-state index < -0.39 is 17.8 Å². The van der Waals surface area contributed by atoms with Crippen LogP contribution in [0.2, 0.25) is 0 Å². The lowest BCUT2D eigenvalue weighted by Crippen LogP contribution is -2.44. The van der Waals surface area contributed by atoms with Gasteiger partial charge in [-0.1, -0.05) is 24.3 Å². The molecule has 4 nitrogen and oxygen atoms in total. The number of nitrogens with one attached hydrogen (secondary N) is 1. The van der Waals surface area contributed by atoms with E-state index in [2.05, 4.69) is 18.5 Å². The van der Waals surface area contributed by atoms with E-state index in [0.717, 1.165) is 6.42 Å². The van der Waals surface area contributed by atoms with Crippen LogP contribution < -0.4 is 5.32 Å². The maximum absolute atomic E-state index is 12.3. The van der Waals surface area contributed by atoms with Crippen LogP contribution in [-0.4, -0.2) is 23.5 Å². The maximum atomic E-state index is 12.3. The van der Waals surface area contributed by atoms with Gasteiger partial charge in [0.05, 0.1) is 11.8 Å². The smallest absolute Gasteiger partial charge is 0.307 e. The van der Waals surface area contributed by atoms with Crippen molar-refractivity contribution in [3.8, 4) is 0 Å². The van der Waals surface area contributed by atoms with Gasteiger partial charge in [-0.05, 0) is 18.8 Å². The van der Waals surface area contributed by atoms with E-state index in [1.54, 1.807) is 12.2 Å². The fourth-order valence-corrected chi connectivity index (χ4v) is 3.55. The average molecular weight is 261 g/mol. The van der Waals surface area contributed by atoms with E-state index in [1.165, 1.54) is 0 Å². The number of amides is 1. The van der Waals surface area contributed by atoms with Gasteiger partial charge in [0.15, 0.2) is 0 Å². The summed E-state index contributed by atoms with van der Waals surface area (Å²) in [5.41, 5.74) is -0.374. The van der Waals surface area contributed by atoms with Crippen LogP contribution in [0.4, 0.5) is 0 Å². The van der Waals surface area contributed by atoms with Crippen LogP contribution in [0.15, 0.2) is 37.5 Å². The summed E-state index contributed by atoms with van der Waals surface area (Å²) in [6.07, 6.45) is 8.68. The molecule has 0 radical (unpaired) electrons. The van der Waals surface area contributed by atoms with Crippen molar-refractivity contribution < 1.29 is 14.7 Å². The summed E-state index contributed by atoms with van der Waals surface area (Å²) in [5.74, 6) is -2.27. The molecular formula is C15H19NO3. The van der Waals surface area contributed by atoms with E-state index in [-0.39, 0.29) is 17.2 Å². The molecule has 0 saturated heterocycles. The molecule has 2 rings (SSSR count). The fourth-order valence-electron chi connectivity index (χ4n) is 3.55. The van der Waals surface area contributed by atoms with E-state index in [1.807, 2.05) is 12.2 Å². The Morgan fingerprint density at radius 1 is 1.42 bits per heavy atom. The maximum Gasteiger partial charge on any atom is 0.307 e. The molecule has 4 unspecified atom stereocenters. The first-order chi connectivity index (χ1) is 9.05. The quantitative estimate of drug-likeness (QED) is 0.716. The van der Waals surface area contributed by atoms with Gasteiger partial charge in [0.2, 0.25) is 5.91 Å². The summed E-state index contributed by atoms with van der Waals surface area (Å²) in [4.78, 5) is 23.8. The standard InChI is InChI=1S/C15H19NO3/c1-3-6-15-7-5-10(9-15)11(14(18)19)12(15)13(17)16-8-4-2/h3-5,7,10-12H,1-2,6,8-9H2,(H,16,17)(H,18,19). The summed E-state index contributed by atoms with van der Waals surface area (Å²) >= 11 is 0. The molecule has 2 aliphatic carbocycles. The van der Waals surface area contributed by atoms with Crippen LogP contribution in [0.25, 0.3) is 0 Å². The van der Waals surface area contributed by atoms with Gasteiger partial charge in [-0.15, -0.1) is 13.2 Å². The predicted octanol–water partition coefficient (Wildman–Crippen LogP) is 1.76. The SMILES string of the molecule is C=CCNC(=O)C1C(C(=O)O)C2C=CC1(CC=C)C2. The van der Waals surface area contributed by atoms with Crippen molar-refractivity contribution in [3.63, 3.8) is 0 Å². The molecule has 2 bridgehead atoms. The third-order valence-electron chi connectivity index (χ3n) is 4.24. The van der Waals surface area contributed by atoms with E-state index in [9.17, 15) is 14.7 Å². The Kier molecular flexibility index (Phi) is 3.60. The minimum atomic E-state index is -0.890. The lowest BCUT2D eigenvalue weighted by Gasteiger charge is -2.33. The Balaban J connectivity index is 2.31. The van der Waals surface area contributed by atoms with Crippen LogP contribution in [0.3, 0.4) is 0 Å². The highest BCUT2D eigenvalue weighted by molar-refractivity contribution is 5.87. The highest BCUT2D eigenvalue weighted by atomic mass is 16.4. The third kappa shape index (κ3) is 2.11. The van der Waals surface area contributed by atoms with Gasteiger partial charge in [-0.3, -0.25) is 9.59 Å². The number of carbonyl (C=O) groups excluding carboxylic acids is 1. The van der Waals surface area contributed by atoms with E-state index in [0.29, 0.717) is 13.0 Å². The van der Waals surface area contributed by atoms with Gasteiger partial charge in [-0.2, -0.15) is 0 Å². The third-order valence-corrected chi connectivity index (χ3v) is 4.24. The summed E-state index contributed by atoms with van der Waals surface area (Å²) < 4.78 is 0. The first-order valence-electron chi connectivity index (χ1n) is 6.47. The molecule has 102 valence electrons. The largest absolute Gasteiger partial charge is 0.481 e. The number of fused-ring (bicyclic) bond motifs is 2. The van der Waals surface area contributed by atoms with Crippen LogP contribution in [-0.2, 0) is 9.59 Å². The van der Waals surface area contributed by atoms with Crippen molar-refractivity contribution in [1.82, 2.24) is 5.32 Å². The molecule has 0 heterocycles. The van der Waals surface area contributed by atoms with Gasteiger partial charge in [0.1, 0.15) is 0 Å². The van der Waals surface area contributed by atoms with E-state index in [4.69, 9.17) is 0 Å². The first-order valence-corrected chi connectivity index (χ1v) is 6.47. The van der Waals surface area contributed by atoms with Crippen molar-refractivity contribution in [1.29, 1.82) is 0 Å². The number of allylic oxidation sites excluding steroid dienone is 3. The summed E-state index contributed by atoms with van der Waals surface area (Å²) in [7, 11) is 0. The lowest BCUT2D eigenvalue weighted by molar-refractivity contribution is -0.148. The monoisotopic (exact) mass is 261 g/mol. The zero-order valence-corrected chi connectivity index (χ0v) is 10.8. The average Bonchev–Trinajstić information content (AvgIpc) is 2.91. The molecule has 0 aromatic heterocycles. The van der Waals surface area contributed by atoms with Crippen molar-refractivity contribution in [2.75, 3.05) is 6.54 Å². The van der Waals surface area contributed by atoms with Gasteiger partial charge in [0.25, 0.3) is 0 Å². The zero-order chi connectivity index (χ0) is 14.0. The molecule has 0 spiro atoms. The molecule has 19 heavy (non-hydrogen) atoms. The minimum Gasteiger partial charge on any atom is -0.481 e. The molecule has 2 N–H and O–H groups in total. The molecule has 0 aromatic carbocycles. The number of hydrogen-bond donors (Lipinski definition) is 2. The topological polar surface area (TPSA) is 66.4 Å². The van der Waals surface area contributed by atoms with Crippen LogP contribution in [0, 0.1) is 23.2 Å². The van der Waals surface area contributed by atoms with E-state index >= 15 is 0 Å². The Bertz CT molecular complexity index is 454. The molecule has 0 aromatic rings. The number of carboxylic acids is 1. The number of aliphatic carboxylic acids is 1. The highest BCUT2D eigenvalue weighted by Gasteiger charge is 2.59. The summed E-state index contributed by atoms with van der Waals surface area (Å²) in [6, 6.07) is 0. The second-order valence-electron chi connectivity index (χ2n) is 5.33. The minimum absolute atomic E-state index is 0.0445. The molecule has 1 saturated carbocycles. The highest BCUT2D eigenvalue weighted by Crippen LogP contribution is 2.58. The molecule has 0 aliphatic heterocycles. The zero-order valence-electron chi connectivity index (χ0n) is 10.8. The molecule has 4 heteroatoms. The van der Waals surface area contributed by atoms with Gasteiger partial charge in [-0.25, -0.2) is 0 Å². The van der Waals surface area contributed by atoms with Gasteiger partial charge in [0, 0.05) is 12.0 Å². The lowest BCUT2D eigenvalue weighted by atomic mass is 9.71. The Morgan fingerprint density at radius 2 is 2.16 bits per heavy atom. The fraction of sp³-hybridized carbons (Fsp3) is 0.467. The molecular weight excluding hydrogens is 242 g/mol. The second kappa shape index (κ2) is 5.03. The van der Waals surface area contributed by atoms with Crippen LogP contribution in [0.5, 0.6) is 0 Å². The number of hydrogen-bond acceptors (Lipinski definition) is 2. The molecule has 1 amide bonds. The van der Waals surface area contributed by atoms with Gasteiger partial charge >= 0.3 is 5.97 Å². The number of carbonyl (C=O) groups is 2.